The van der Waals surface area contributed by atoms with Crippen LogP contribution in [0, 0.1) is 5.41 Å². The monoisotopic (exact) mass is 536 g/mol. The molecule has 4 atom stereocenters. The fourth-order valence-electron chi connectivity index (χ4n) is 6.04. The van der Waals surface area contributed by atoms with Gasteiger partial charge in [-0.3, -0.25) is 5.32 Å². The van der Waals surface area contributed by atoms with Crippen LogP contribution in [-0.4, -0.2) is 48.7 Å². The molecule has 4 N–H and O–H groups in total. The summed E-state index contributed by atoms with van der Waals surface area (Å²) in [5, 5.41) is 13.3. The number of nitrogen functional groups attached to an aromatic ring is 1. The Kier molecular flexibility index (Phi) is 5.75. The number of carboxylic acid groups (broad SMARTS) is 1. The molecule has 0 spiro atoms. The van der Waals surface area contributed by atoms with E-state index in [1.807, 2.05) is 38.2 Å². The van der Waals surface area contributed by atoms with Crippen LogP contribution in [-0.2, 0) is 15.9 Å². The molecule has 0 bridgehead atoms. The Morgan fingerprint density at radius 2 is 2.05 bits per heavy atom. The second-order valence-electron chi connectivity index (χ2n) is 10.9. The van der Waals surface area contributed by atoms with Crippen LogP contribution in [0.5, 0.6) is 0 Å². The van der Waals surface area contributed by atoms with Gasteiger partial charge >= 0.3 is 6.09 Å². The van der Waals surface area contributed by atoms with Crippen molar-refractivity contribution in [2.45, 2.75) is 64.1 Å². The maximum atomic E-state index is 11.1. The SMILES string of the molecule is CC1(C)O[C@H]2[C@H](n3ccc4c(N)ncnc43)C[C@](C)(CCc3ccc4cc(Cl)c(NC(=O)O)nc4c3)[C@H]2O1. The Labute approximate surface area is 224 Å². The fraction of sp³-hybridized carbons (Fsp3) is 0.407. The highest BCUT2D eigenvalue weighted by Crippen LogP contribution is 2.55. The van der Waals surface area contributed by atoms with E-state index >= 15 is 0 Å². The van der Waals surface area contributed by atoms with E-state index in [0.29, 0.717) is 11.3 Å². The number of hydrogen-bond acceptors (Lipinski definition) is 7. The first kappa shape index (κ1) is 24.8. The number of anilines is 2. The van der Waals surface area contributed by atoms with Crippen molar-refractivity contribution in [3.8, 4) is 0 Å². The lowest BCUT2D eigenvalue weighted by molar-refractivity contribution is -0.168. The van der Waals surface area contributed by atoms with Gasteiger partial charge in [0, 0.05) is 11.6 Å². The summed E-state index contributed by atoms with van der Waals surface area (Å²) in [7, 11) is 0. The average Bonchev–Trinajstić information content (AvgIpc) is 3.50. The Morgan fingerprint density at radius 1 is 1.24 bits per heavy atom. The highest BCUT2D eigenvalue weighted by Gasteiger charge is 2.59. The van der Waals surface area contributed by atoms with Crippen LogP contribution >= 0.6 is 11.6 Å². The minimum absolute atomic E-state index is 0.0311. The summed E-state index contributed by atoms with van der Waals surface area (Å²) in [6.45, 7) is 6.18. The van der Waals surface area contributed by atoms with E-state index < -0.39 is 11.9 Å². The van der Waals surface area contributed by atoms with Gasteiger partial charge in [-0.2, -0.15) is 0 Å². The van der Waals surface area contributed by atoms with Crippen molar-refractivity contribution in [3.63, 3.8) is 0 Å². The number of ether oxygens (including phenoxy) is 2. The summed E-state index contributed by atoms with van der Waals surface area (Å²) in [6.07, 6.45) is 4.57. The van der Waals surface area contributed by atoms with Crippen molar-refractivity contribution in [1.29, 1.82) is 0 Å². The number of nitrogens with zero attached hydrogens (tertiary/aromatic N) is 4. The predicted octanol–water partition coefficient (Wildman–Crippen LogP) is 5.41. The number of benzene rings is 1. The minimum Gasteiger partial charge on any atom is -0.465 e. The summed E-state index contributed by atoms with van der Waals surface area (Å²) in [6, 6.07) is 9.72. The van der Waals surface area contributed by atoms with Crippen molar-refractivity contribution < 1.29 is 19.4 Å². The third-order valence-corrected chi connectivity index (χ3v) is 8.10. The summed E-state index contributed by atoms with van der Waals surface area (Å²) >= 11 is 6.20. The van der Waals surface area contributed by atoms with Gasteiger partial charge in [0.15, 0.2) is 11.6 Å². The molecule has 6 rings (SSSR count). The lowest BCUT2D eigenvalue weighted by Gasteiger charge is -2.32. The molecule has 11 heteroatoms. The topological polar surface area (TPSA) is 137 Å². The van der Waals surface area contributed by atoms with Gasteiger partial charge in [-0.25, -0.2) is 19.7 Å². The number of rotatable bonds is 5. The number of aryl methyl sites for hydroxylation is 1. The number of aromatic nitrogens is 4. The highest BCUT2D eigenvalue weighted by molar-refractivity contribution is 6.34. The average molecular weight is 537 g/mol. The number of amides is 1. The lowest BCUT2D eigenvalue weighted by atomic mass is 9.80. The third-order valence-electron chi connectivity index (χ3n) is 7.81. The van der Waals surface area contributed by atoms with E-state index in [0.717, 1.165) is 41.2 Å². The second kappa shape index (κ2) is 8.79. The van der Waals surface area contributed by atoms with Crippen LogP contribution in [0.25, 0.3) is 21.9 Å². The zero-order valence-corrected chi connectivity index (χ0v) is 22.1. The number of nitrogens with two attached hydrogens (primary N) is 1. The van der Waals surface area contributed by atoms with Crippen LogP contribution in [0.15, 0.2) is 42.9 Å². The molecule has 4 aromatic rings. The molecule has 0 unspecified atom stereocenters. The first-order valence-corrected chi connectivity index (χ1v) is 12.9. The molecule has 10 nitrogen and oxygen atoms in total. The first-order chi connectivity index (χ1) is 18.0. The molecule has 1 saturated carbocycles. The van der Waals surface area contributed by atoms with Gasteiger partial charge < -0.3 is 24.9 Å². The number of carbonyl (C=O) groups is 1. The number of halogens is 1. The van der Waals surface area contributed by atoms with Gasteiger partial charge in [-0.15, -0.1) is 0 Å². The third kappa shape index (κ3) is 4.22. The molecular weight excluding hydrogens is 508 g/mol. The van der Waals surface area contributed by atoms with Crippen LogP contribution in [0.2, 0.25) is 5.02 Å². The molecule has 4 heterocycles. The van der Waals surface area contributed by atoms with Gasteiger partial charge in [0.05, 0.1) is 28.1 Å². The summed E-state index contributed by atoms with van der Waals surface area (Å²) in [5.41, 5.74) is 8.50. The van der Waals surface area contributed by atoms with Crippen LogP contribution in [0.4, 0.5) is 16.4 Å². The summed E-state index contributed by atoms with van der Waals surface area (Å²) < 4.78 is 15.1. The number of fused-ring (bicyclic) bond motifs is 3. The Balaban J connectivity index is 1.29. The lowest BCUT2D eigenvalue weighted by Crippen LogP contribution is -2.34. The molecule has 1 aliphatic carbocycles. The molecule has 2 fully saturated rings. The smallest absolute Gasteiger partial charge is 0.410 e. The number of pyridine rings is 1. The Morgan fingerprint density at radius 3 is 2.84 bits per heavy atom. The van der Waals surface area contributed by atoms with Gasteiger partial charge in [-0.1, -0.05) is 30.7 Å². The van der Waals surface area contributed by atoms with E-state index in [1.165, 1.54) is 6.33 Å². The summed E-state index contributed by atoms with van der Waals surface area (Å²) in [4.78, 5) is 24.2. The molecule has 1 amide bonds. The molecule has 0 radical (unpaired) electrons. The van der Waals surface area contributed by atoms with Crippen molar-refractivity contribution in [2.75, 3.05) is 11.1 Å². The van der Waals surface area contributed by atoms with Gasteiger partial charge in [0.2, 0.25) is 0 Å². The number of hydrogen-bond donors (Lipinski definition) is 3. The van der Waals surface area contributed by atoms with E-state index in [1.54, 1.807) is 6.07 Å². The predicted molar refractivity (Wildman–Crippen MR) is 144 cm³/mol. The molecule has 1 aliphatic heterocycles. The van der Waals surface area contributed by atoms with Crippen molar-refractivity contribution in [2.24, 2.45) is 5.41 Å². The number of nitrogens with one attached hydrogen (secondary N) is 1. The van der Waals surface area contributed by atoms with Crippen LogP contribution < -0.4 is 11.1 Å². The Bertz CT molecular complexity index is 1570. The maximum absolute atomic E-state index is 11.1. The standard InChI is InChI=1S/C27H29ClN6O4/c1-26(2)37-20-19(34-9-7-16-22(29)30-13-31-24(16)34)12-27(3,21(20)38-26)8-6-14-4-5-15-11-17(28)23(33-25(35)36)32-18(15)10-14/h4-5,7,9-11,13,19-21H,6,8,12H2,1-3H3,(H,32,33)(H,35,36)(H2,29,30,31)/t19-,20+,21+,27+/m1/s1. The quantitative estimate of drug-likeness (QED) is 0.308. The molecule has 198 valence electrons. The normalized spacial score (nSPS) is 26.2. The second-order valence-corrected chi connectivity index (χ2v) is 11.3. The largest absolute Gasteiger partial charge is 0.465 e. The highest BCUT2D eigenvalue weighted by atomic mass is 35.5. The van der Waals surface area contributed by atoms with E-state index in [9.17, 15) is 4.79 Å². The van der Waals surface area contributed by atoms with Gasteiger partial charge in [-0.05, 0) is 62.3 Å². The van der Waals surface area contributed by atoms with Crippen molar-refractivity contribution >= 4 is 51.3 Å². The molecule has 1 aromatic carbocycles. The maximum Gasteiger partial charge on any atom is 0.410 e. The van der Waals surface area contributed by atoms with E-state index in [4.69, 9.17) is 31.9 Å². The molecule has 1 saturated heterocycles. The van der Waals surface area contributed by atoms with Crippen molar-refractivity contribution in [1.82, 2.24) is 19.5 Å². The molecule has 3 aromatic heterocycles. The first-order valence-electron chi connectivity index (χ1n) is 12.5. The zero-order valence-electron chi connectivity index (χ0n) is 21.3. The molecular formula is C27H29ClN6O4. The molecule has 38 heavy (non-hydrogen) atoms. The van der Waals surface area contributed by atoms with E-state index in [-0.39, 0.29) is 34.5 Å². The zero-order chi connectivity index (χ0) is 26.8. The van der Waals surface area contributed by atoms with Gasteiger partial charge in [0.25, 0.3) is 0 Å². The minimum atomic E-state index is -1.21. The van der Waals surface area contributed by atoms with Crippen LogP contribution in [0.1, 0.15) is 45.2 Å². The van der Waals surface area contributed by atoms with Gasteiger partial charge in [0.1, 0.15) is 23.9 Å². The van der Waals surface area contributed by atoms with Crippen LogP contribution in [0.3, 0.4) is 0 Å². The molecule has 2 aliphatic rings. The summed E-state index contributed by atoms with van der Waals surface area (Å²) in [5.74, 6) is -0.103. The van der Waals surface area contributed by atoms with Crippen molar-refractivity contribution in [3.05, 3.63) is 53.4 Å². The fourth-order valence-corrected chi connectivity index (χ4v) is 6.25. The Hall–Kier alpha value is -3.47. The van der Waals surface area contributed by atoms with E-state index in [2.05, 4.69) is 37.8 Å².